The van der Waals surface area contributed by atoms with Crippen molar-refractivity contribution in [3.63, 3.8) is 0 Å². The van der Waals surface area contributed by atoms with Gasteiger partial charge in [-0.3, -0.25) is 0 Å². The number of rotatable bonds is 4. The highest BCUT2D eigenvalue weighted by Crippen LogP contribution is 2.30. The molecule has 44 N–H and O–H groups in total. The van der Waals surface area contributed by atoms with Gasteiger partial charge in [0, 0.05) is 0 Å². The van der Waals surface area contributed by atoms with Crippen molar-refractivity contribution in [1.82, 2.24) is 0 Å². The van der Waals surface area contributed by atoms with E-state index in [1.54, 1.807) is 0 Å². The summed E-state index contributed by atoms with van der Waals surface area (Å²) >= 11 is 0. The van der Waals surface area contributed by atoms with Crippen molar-refractivity contribution in [1.29, 1.82) is 0 Å². The van der Waals surface area contributed by atoms with Crippen molar-refractivity contribution in [3.8, 4) is 0 Å². The van der Waals surface area contributed by atoms with Crippen molar-refractivity contribution in [2.75, 3.05) is 13.2 Å². The lowest BCUT2D eigenvalue weighted by molar-refractivity contribution is -0.223. The van der Waals surface area contributed by atoms with Crippen molar-refractivity contribution >= 4 is 86.0 Å². The Morgan fingerprint density at radius 2 is 0.260 bits per heavy atom. The van der Waals surface area contributed by atoms with E-state index in [1.807, 2.05) is 0 Å². The zero-order chi connectivity index (χ0) is 67.1. The van der Waals surface area contributed by atoms with E-state index in [4.69, 9.17) is 268 Å². The van der Waals surface area contributed by atoms with Gasteiger partial charge >= 0.3 is 86.0 Å². The van der Waals surface area contributed by atoms with Crippen molar-refractivity contribution < 1.29 is 268 Å². The largest absolute Gasteiger partial charge is 0.466 e. The zero-order valence-corrected chi connectivity index (χ0v) is 45.5. The quantitative estimate of drug-likeness (QED) is 0.116. The van der Waals surface area contributed by atoms with Crippen LogP contribution >= 0.6 is 86.0 Å². The molecule has 0 aliphatic heterocycles. The standard InChI is InChI=1S/C6H12O6.C5H12O5.11H3O4P/c7-1-2(8)4(10)6(12)5(11)3(1)9;6-1-3(8)5(10)4(9)2-7;11*1-5(2,3)4/h1-12H;3-10H,1-2H2;11*(H3,1,2,3,4)/t1-,2-,3-,4+,5-,6-;3-,4+,5+;;;;;;;;;;;. The maximum Gasteiger partial charge on any atom is 0.466 e. The van der Waals surface area contributed by atoms with Crippen LogP contribution in [0, 0.1) is 0 Å². The van der Waals surface area contributed by atoms with E-state index in [2.05, 4.69) is 0 Å². The van der Waals surface area contributed by atoms with E-state index >= 15 is 0 Å². The lowest BCUT2D eigenvalue weighted by Crippen LogP contribution is -2.63. The molecule has 1 fully saturated rings. The Hall–Kier alpha value is 0.770. The van der Waals surface area contributed by atoms with Crippen LogP contribution in [-0.4, -0.2) is 286 Å². The smallest absolute Gasteiger partial charge is 0.394 e. The van der Waals surface area contributed by atoms with Crippen LogP contribution in [0.25, 0.3) is 0 Å². The first-order valence-corrected chi connectivity index (χ1v) is 32.3. The highest BCUT2D eigenvalue weighted by atomic mass is 31.2. The minimum atomic E-state index is -4.64. The maximum atomic E-state index is 8.97. The van der Waals surface area contributed by atoms with Gasteiger partial charge in [0.25, 0.3) is 0 Å². The molecular weight excluding hydrogens is 1350 g/mol. The van der Waals surface area contributed by atoms with E-state index in [0.29, 0.717) is 0 Å². The monoisotopic (exact) mass is 1410 g/mol. The van der Waals surface area contributed by atoms with Gasteiger partial charge in [0.1, 0.15) is 54.9 Å². The second-order valence-corrected chi connectivity index (χ2v) is 21.9. The molecule has 3 atom stereocenters. The number of hydrogen-bond donors (Lipinski definition) is 44. The Kier molecular flexibility index (Phi) is 66.1. The zero-order valence-electron chi connectivity index (χ0n) is 35.7. The first-order valence-electron chi connectivity index (χ1n) is 15.0. The molecule has 66 heteroatoms. The number of aliphatic hydroxyl groups is 11. The molecule has 1 saturated carbocycles. The van der Waals surface area contributed by atoms with Crippen LogP contribution in [0.1, 0.15) is 0 Å². The second kappa shape index (κ2) is 48.1. The molecule has 1 aliphatic rings. The topological polar surface area (TPSA) is 1080 Å². The van der Waals surface area contributed by atoms with Gasteiger partial charge in [-0.2, -0.15) is 0 Å². The molecule has 0 amide bonds. The molecule has 0 aromatic carbocycles. The van der Waals surface area contributed by atoms with Crippen LogP contribution < -0.4 is 0 Å². The van der Waals surface area contributed by atoms with Gasteiger partial charge in [-0.05, 0) is 0 Å². The van der Waals surface area contributed by atoms with Crippen molar-refractivity contribution in [2.45, 2.75) is 54.9 Å². The first kappa shape index (κ1) is 106. The van der Waals surface area contributed by atoms with Crippen LogP contribution in [0.3, 0.4) is 0 Å². The normalized spacial score (nSPS) is 19.7. The highest BCUT2D eigenvalue weighted by molar-refractivity contribution is 7.47. The third kappa shape index (κ3) is 317. The molecule has 0 saturated heterocycles. The molecule has 55 nitrogen and oxygen atoms in total. The molecule has 0 aromatic rings. The van der Waals surface area contributed by atoms with Crippen molar-refractivity contribution in [3.05, 3.63) is 0 Å². The molecule has 1 aliphatic carbocycles. The van der Waals surface area contributed by atoms with Gasteiger partial charge in [-0.25, -0.2) is 50.2 Å². The summed E-state index contributed by atoms with van der Waals surface area (Å²) in [5.41, 5.74) is 0. The Bertz CT molecular complexity index is 1400. The predicted molar refractivity (Wildman–Crippen MR) is 225 cm³/mol. The molecular formula is C11H57O55P11. The lowest BCUT2D eigenvalue weighted by atomic mass is 9.85. The molecule has 0 radical (unpaired) electrons. The molecule has 0 heterocycles. The Labute approximate surface area is 421 Å². The summed E-state index contributed by atoms with van der Waals surface area (Å²) in [6, 6.07) is 0. The van der Waals surface area contributed by atoms with Crippen LogP contribution in [0.4, 0.5) is 0 Å². The molecule has 77 heavy (non-hydrogen) atoms. The number of aliphatic hydroxyl groups excluding tert-OH is 11. The van der Waals surface area contributed by atoms with Crippen LogP contribution in [0.15, 0.2) is 0 Å². The second-order valence-electron chi connectivity index (χ2n) is 10.6. The van der Waals surface area contributed by atoms with Crippen LogP contribution in [0.5, 0.6) is 0 Å². The maximum absolute atomic E-state index is 8.97. The van der Waals surface area contributed by atoms with Gasteiger partial charge < -0.3 is 218 Å². The summed E-state index contributed by atoms with van der Waals surface area (Å²) in [5.74, 6) is 0. The van der Waals surface area contributed by atoms with Crippen molar-refractivity contribution in [2.24, 2.45) is 0 Å². The lowest BCUT2D eigenvalue weighted by Gasteiger charge is -2.39. The summed E-state index contributed by atoms with van der Waals surface area (Å²) in [7, 11) is -51.0. The Morgan fingerprint density at radius 1 is 0.208 bits per heavy atom. The van der Waals surface area contributed by atoms with Crippen LogP contribution in [0.2, 0.25) is 0 Å². The van der Waals surface area contributed by atoms with Gasteiger partial charge in [0.05, 0.1) is 13.2 Å². The number of phosphoric acid groups is 11. The highest BCUT2D eigenvalue weighted by Gasteiger charge is 2.47. The summed E-state index contributed by atoms with van der Waals surface area (Å²) < 4.78 is 97.7. The fourth-order valence-corrected chi connectivity index (χ4v) is 1.68. The third-order valence-electron chi connectivity index (χ3n) is 3.26. The third-order valence-corrected chi connectivity index (χ3v) is 3.26. The Balaban J connectivity index is -0.0000000605. The van der Waals surface area contributed by atoms with Gasteiger partial charge in [-0.1, -0.05) is 0 Å². The molecule has 486 valence electrons. The van der Waals surface area contributed by atoms with Gasteiger partial charge in [-0.15, -0.1) is 0 Å². The van der Waals surface area contributed by atoms with E-state index in [9.17, 15) is 0 Å². The summed E-state index contributed by atoms with van der Waals surface area (Å²) in [6.07, 6.45) is -14.1. The predicted octanol–water partition coefficient (Wildman–Crippen LogP) is -17.0. The summed E-state index contributed by atoms with van der Waals surface area (Å²) in [4.78, 5) is 237. The fraction of sp³-hybridized carbons (Fsp3) is 1.00. The first-order chi connectivity index (χ1) is 32.1. The minimum Gasteiger partial charge on any atom is -0.394 e. The molecule has 1 rings (SSSR count). The van der Waals surface area contributed by atoms with E-state index in [-0.39, 0.29) is 0 Å². The average Bonchev–Trinajstić information content (AvgIpc) is 3.00. The Morgan fingerprint density at radius 3 is 0.299 bits per heavy atom. The average molecular weight is 1410 g/mol. The van der Waals surface area contributed by atoms with E-state index in [1.165, 1.54) is 0 Å². The van der Waals surface area contributed by atoms with E-state index in [0.717, 1.165) is 0 Å². The minimum absolute atomic E-state index is 0.641. The molecule has 0 unspecified atom stereocenters. The van der Waals surface area contributed by atoms with Crippen LogP contribution in [-0.2, 0) is 50.2 Å². The van der Waals surface area contributed by atoms with E-state index < -0.39 is 154 Å². The SMILES string of the molecule is O=P(O)(O)O.O=P(O)(O)O.O=P(O)(O)O.O=P(O)(O)O.O=P(O)(O)O.O=P(O)(O)O.O=P(O)(O)O.O=P(O)(O)O.O=P(O)(O)O.O=P(O)(O)O.O=P(O)(O)O.OC[C@@H](O)[C@H](O)[C@@H](O)CO.O[C@H]1[C@H](O)[C@@H](O)[C@H](O)[C@@H](O)[C@H]1O. The molecule has 0 spiro atoms. The summed E-state index contributed by atoms with van der Waals surface area (Å²) in [6.45, 7) is -1.28. The van der Waals surface area contributed by atoms with Gasteiger partial charge in [0.15, 0.2) is 0 Å². The molecule has 0 bridgehead atoms. The summed E-state index contributed by atoms with van der Waals surface area (Å²) in [5, 5.41) is 96.4. The fourth-order valence-electron chi connectivity index (χ4n) is 1.68. The molecule has 0 aromatic heterocycles. The number of hydrogen-bond acceptors (Lipinski definition) is 22. The van der Waals surface area contributed by atoms with Gasteiger partial charge in [0.2, 0.25) is 0 Å².